The standard InChI is InChI=1S/C12H9Br2N3O/c13-8-2-1-3-9(14)11(8)17-12(18)7-6-16-5-4-10(7)15/h1-6H,(H2,15,16)(H,17,18). The first-order valence-corrected chi connectivity index (χ1v) is 6.63. The van der Waals surface area contributed by atoms with Crippen LogP contribution < -0.4 is 11.1 Å². The molecule has 3 N–H and O–H groups in total. The monoisotopic (exact) mass is 369 g/mol. The smallest absolute Gasteiger partial charge is 0.259 e. The average molecular weight is 371 g/mol. The predicted octanol–water partition coefficient (Wildman–Crippen LogP) is 3.44. The third kappa shape index (κ3) is 2.70. The number of nitrogen functional groups attached to an aromatic ring is 1. The van der Waals surface area contributed by atoms with Gasteiger partial charge in [0.2, 0.25) is 0 Å². The number of hydrogen-bond acceptors (Lipinski definition) is 3. The number of aromatic nitrogens is 1. The Kier molecular flexibility index (Phi) is 3.98. The highest BCUT2D eigenvalue weighted by Gasteiger charge is 2.13. The molecule has 0 saturated carbocycles. The summed E-state index contributed by atoms with van der Waals surface area (Å²) >= 11 is 6.75. The molecular formula is C12H9Br2N3O. The van der Waals surface area contributed by atoms with Crippen molar-refractivity contribution in [2.45, 2.75) is 0 Å². The average Bonchev–Trinajstić information content (AvgIpc) is 2.34. The van der Waals surface area contributed by atoms with E-state index in [0.717, 1.165) is 8.95 Å². The largest absolute Gasteiger partial charge is 0.398 e. The number of benzene rings is 1. The second kappa shape index (κ2) is 5.49. The highest BCUT2D eigenvalue weighted by atomic mass is 79.9. The quantitative estimate of drug-likeness (QED) is 0.850. The third-order valence-electron chi connectivity index (χ3n) is 2.30. The van der Waals surface area contributed by atoms with E-state index in [0.29, 0.717) is 16.9 Å². The van der Waals surface area contributed by atoms with E-state index in [4.69, 9.17) is 5.73 Å². The number of hydrogen-bond donors (Lipinski definition) is 2. The first-order chi connectivity index (χ1) is 8.59. The Balaban J connectivity index is 2.30. The molecule has 6 heteroatoms. The minimum atomic E-state index is -0.298. The Labute approximate surface area is 121 Å². The van der Waals surface area contributed by atoms with Crippen LogP contribution in [0.15, 0.2) is 45.6 Å². The number of carbonyl (C=O) groups excluding carboxylic acids is 1. The summed E-state index contributed by atoms with van der Waals surface area (Å²) in [4.78, 5) is 16.0. The van der Waals surface area contributed by atoms with E-state index in [-0.39, 0.29) is 5.91 Å². The van der Waals surface area contributed by atoms with Crippen molar-refractivity contribution in [3.8, 4) is 0 Å². The molecule has 0 spiro atoms. The summed E-state index contributed by atoms with van der Waals surface area (Å²) in [5, 5.41) is 2.78. The molecule has 2 aromatic rings. The Hall–Kier alpha value is -1.40. The zero-order valence-corrected chi connectivity index (χ0v) is 12.3. The van der Waals surface area contributed by atoms with Crippen LogP contribution in [0.2, 0.25) is 0 Å². The van der Waals surface area contributed by atoms with Crippen molar-refractivity contribution in [2.24, 2.45) is 0 Å². The summed E-state index contributed by atoms with van der Waals surface area (Å²) in [6, 6.07) is 7.13. The van der Waals surface area contributed by atoms with E-state index >= 15 is 0 Å². The SMILES string of the molecule is Nc1ccncc1C(=O)Nc1c(Br)cccc1Br. The molecule has 1 aromatic carbocycles. The van der Waals surface area contributed by atoms with Gasteiger partial charge < -0.3 is 11.1 Å². The van der Waals surface area contributed by atoms with Crippen LogP contribution in [0.4, 0.5) is 11.4 Å². The number of halogens is 2. The van der Waals surface area contributed by atoms with Crippen LogP contribution in [-0.2, 0) is 0 Å². The van der Waals surface area contributed by atoms with Gasteiger partial charge in [0, 0.05) is 27.0 Å². The van der Waals surface area contributed by atoms with E-state index < -0.39 is 0 Å². The van der Waals surface area contributed by atoms with Crippen molar-refractivity contribution < 1.29 is 4.79 Å². The molecule has 0 aliphatic carbocycles. The molecular weight excluding hydrogens is 362 g/mol. The van der Waals surface area contributed by atoms with Crippen molar-refractivity contribution in [1.29, 1.82) is 0 Å². The fraction of sp³-hybridized carbons (Fsp3) is 0. The van der Waals surface area contributed by atoms with Gasteiger partial charge in [-0.05, 0) is 50.1 Å². The van der Waals surface area contributed by atoms with Crippen molar-refractivity contribution in [3.63, 3.8) is 0 Å². The van der Waals surface area contributed by atoms with Crippen LogP contribution >= 0.6 is 31.9 Å². The fourth-order valence-corrected chi connectivity index (χ4v) is 2.59. The van der Waals surface area contributed by atoms with E-state index in [1.807, 2.05) is 18.2 Å². The number of nitrogens with zero attached hydrogens (tertiary/aromatic N) is 1. The van der Waals surface area contributed by atoms with Crippen LogP contribution in [0.1, 0.15) is 10.4 Å². The molecule has 4 nitrogen and oxygen atoms in total. The molecule has 0 fully saturated rings. The minimum absolute atomic E-state index is 0.298. The van der Waals surface area contributed by atoms with E-state index in [1.54, 1.807) is 12.3 Å². The van der Waals surface area contributed by atoms with Crippen LogP contribution in [0, 0.1) is 0 Å². The van der Waals surface area contributed by atoms with Crippen LogP contribution in [-0.4, -0.2) is 10.9 Å². The van der Waals surface area contributed by atoms with E-state index in [1.165, 1.54) is 6.20 Å². The molecule has 0 atom stereocenters. The highest BCUT2D eigenvalue weighted by Crippen LogP contribution is 2.31. The van der Waals surface area contributed by atoms with Gasteiger partial charge in [0.25, 0.3) is 5.91 Å². The van der Waals surface area contributed by atoms with Crippen molar-refractivity contribution in [3.05, 3.63) is 51.2 Å². The fourth-order valence-electron chi connectivity index (χ4n) is 1.39. The Morgan fingerprint density at radius 1 is 1.22 bits per heavy atom. The lowest BCUT2D eigenvalue weighted by Gasteiger charge is -2.10. The maximum absolute atomic E-state index is 12.1. The Morgan fingerprint density at radius 3 is 2.50 bits per heavy atom. The molecule has 1 heterocycles. The topological polar surface area (TPSA) is 68.0 Å². The van der Waals surface area contributed by atoms with Crippen molar-refractivity contribution in [2.75, 3.05) is 11.1 Å². The molecule has 0 aliphatic heterocycles. The van der Waals surface area contributed by atoms with Gasteiger partial charge in [-0.1, -0.05) is 6.07 Å². The number of carbonyl (C=O) groups is 1. The Morgan fingerprint density at radius 2 is 1.89 bits per heavy atom. The summed E-state index contributed by atoms with van der Waals surface area (Å²) in [5.41, 5.74) is 7.13. The summed E-state index contributed by atoms with van der Waals surface area (Å²) in [5.74, 6) is -0.298. The molecule has 0 unspecified atom stereocenters. The molecule has 1 amide bonds. The first kappa shape index (κ1) is 13.0. The number of nitrogens with two attached hydrogens (primary N) is 1. The van der Waals surface area contributed by atoms with Gasteiger partial charge in [-0.2, -0.15) is 0 Å². The van der Waals surface area contributed by atoms with Crippen molar-refractivity contribution in [1.82, 2.24) is 4.98 Å². The minimum Gasteiger partial charge on any atom is -0.398 e. The second-order valence-corrected chi connectivity index (χ2v) is 5.22. The van der Waals surface area contributed by atoms with Crippen molar-refractivity contribution >= 4 is 49.1 Å². The molecule has 18 heavy (non-hydrogen) atoms. The maximum atomic E-state index is 12.1. The summed E-state index contributed by atoms with van der Waals surface area (Å²) in [6.07, 6.45) is 2.98. The Bertz CT molecular complexity index is 581. The molecule has 0 aliphatic rings. The highest BCUT2D eigenvalue weighted by molar-refractivity contribution is 9.11. The normalized spacial score (nSPS) is 10.1. The molecule has 0 radical (unpaired) electrons. The molecule has 0 saturated heterocycles. The van der Waals surface area contributed by atoms with Gasteiger partial charge in [0.15, 0.2) is 0 Å². The predicted molar refractivity (Wildman–Crippen MR) is 78.4 cm³/mol. The van der Waals surface area contributed by atoms with Gasteiger partial charge in [0.05, 0.1) is 11.3 Å². The number of rotatable bonds is 2. The summed E-state index contributed by atoms with van der Waals surface area (Å²) in [7, 11) is 0. The number of para-hydroxylation sites is 1. The van der Waals surface area contributed by atoms with Gasteiger partial charge >= 0.3 is 0 Å². The lowest BCUT2D eigenvalue weighted by atomic mass is 10.2. The zero-order chi connectivity index (χ0) is 13.1. The van der Waals surface area contributed by atoms with Gasteiger partial charge in [-0.25, -0.2) is 0 Å². The molecule has 1 aromatic heterocycles. The maximum Gasteiger partial charge on any atom is 0.259 e. The first-order valence-electron chi connectivity index (χ1n) is 5.04. The third-order valence-corrected chi connectivity index (χ3v) is 3.62. The zero-order valence-electron chi connectivity index (χ0n) is 9.15. The van der Waals surface area contributed by atoms with Crippen LogP contribution in [0.5, 0.6) is 0 Å². The van der Waals surface area contributed by atoms with E-state index in [9.17, 15) is 4.79 Å². The number of nitrogens with one attached hydrogen (secondary N) is 1. The molecule has 2 rings (SSSR count). The molecule has 92 valence electrons. The van der Waals surface area contributed by atoms with Crippen LogP contribution in [0.25, 0.3) is 0 Å². The second-order valence-electron chi connectivity index (χ2n) is 3.51. The summed E-state index contributed by atoms with van der Waals surface area (Å²) in [6.45, 7) is 0. The lowest BCUT2D eigenvalue weighted by molar-refractivity contribution is 0.102. The number of anilines is 2. The lowest BCUT2D eigenvalue weighted by Crippen LogP contribution is -2.15. The van der Waals surface area contributed by atoms with Crippen LogP contribution in [0.3, 0.4) is 0 Å². The van der Waals surface area contributed by atoms with Gasteiger partial charge in [0.1, 0.15) is 0 Å². The summed E-state index contributed by atoms with van der Waals surface area (Å²) < 4.78 is 1.57. The van der Waals surface area contributed by atoms with E-state index in [2.05, 4.69) is 42.2 Å². The number of pyridine rings is 1. The van der Waals surface area contributed by atoms with Gasteiger partial charge in [-0.15, -0.1) is 0 Å². The van der Waals surface area contributed by atoms with Gasteiger partial charge in [-0.3, -0.25) is 9.78 Å². The molecule has 0 bridgehead atoms. The number of amides is 1.